The third-order valence-electron chi connectivity index (χ3n) is 2.62. The Kier molecular flexibility index (Phi) is 4.62. The van der Waals surface area contributed by atoms with E-state index in [1.807, 2.05) is 42.5 Å². The van der Waals surface area contributed by atoms with Gasteiger partial charge in [0.2, 0.25) is 0 Å². The Labute approximate surface area is 121 Å². The summed E-state index contributed by atoms with van der Waals surface area (Å²) in [5.74, 6) is 6.37. The molecule has 96 valence electrons. The normalized spacial score (nSPS) is 11.3. The van der Waals surface area contributed by atoms with Gasteiger partial charge in [-0.2, -0.15) is 0 Å². The molecule has 2 aromatic rings. The van der Waals surface area contributed by atoms with Crippen LogP contribution < -0.4 is 4.74 Å². The Hall–Kier alpha value is -1.76. The molecule has 19 heavy (non-hydrogen) atoms. The number of rotatable bonds is 2. The molecular formula is C16H13BrO2. The fraction of sp³-hybridized carbons (Fsp3) is 0.125. The van der Waals surface area contributed by atoms with Crippen molar-refractivity contribution in [2.45, 2.75) is 6.10 Å². The van der Waals surface area contributed by atoms with E-state index < -0.39 is 6.10 Å². The maximum absolute atomic E-state index is 10.1. The molecular weight excluding hydrogens is 304 g/mol. The molecule has 0 spiro atoms. The van der Waals surface area contributed by atoms with Crippen LogP contribution in [0.15, 0.2) is 53.0 Å². The molecule has 3 heteroatoms. The molecule has 0 saturated carbocycles. The summed E-state index contributed by atoms with van der Waals surface area (Å²) in [6.45, 7) is 0. The van der Waals surface area contributed by atoms with Crippen LogP contribution in [-0.2, 0) is 0 Å². The smallest absolute Gasteiger partial charge is 0.144 e. The van der Waals surface area contributed by atoms with Crippen molar-refractivity contribution < 1.29 is 9.84 Å². The van der Waals surface area contributed by atoms with E-state index in [0.29, 0.717) is 11.3 Å². The highest BCUT2D eigenvalue weighted by atomic mass is 79.9. The summed E-state index contributed by atoms with van der Waals surface area (Å²) in [6.07, 6.45) is -0.882. The number of para-hydroxylation sites is 1. The molecule has 2 nitrogen and oxygen atoms in total. The van der Waals surface area contributed by atoms with Gasteiger partial charge in [0.05, 0.1) is 11.6 Å². The van der Waals surface area contributed by atoms with E-state index in [1.54, 1.807) is 13.2 Å². The first-order chi connectivity index (χ1) is 9.22. The van der Waals surface area contributed by atoms with Gasteiger partial charge >= 0.3 is 0 Å². The summed E-state index contributed by atoms with van der Waals surface area (Å²) < 4.78 is 6.07. The fourth-order valence-electron chi connectivity index (χ4n) is 1.71. The number of aliphatic hydroxyl groups excluding tert-OH is 1. The second-order valence-electron chi connectivity index (χ2n) is 3.90. The van der Waals surface area contributed by atoms with Crippen molar-refractivity contribution in [2.75, 3.05) is 7.11 Å². The number of methoxy groups -OCH3 is 1. The summed E-state index contributed by atoms with van der Waals surface area (Å²) >= 11 is 3.39. The van der Waals surface area contributed by atoms with E-state index in [0.717, 1.165) is 10.0 Å². The molecule has 0 saturated heterocycles. The average Bonchev–Trinajstić information content (AvgIpc) is 2.45. The number of ether oxygens (including phenoxy) is 1. The Morgan fingerprint density at radius 2 is 1.84 bits per heavy atom. The van der Waals surface area contributed by atoms with Crippen LogP contribution in [0, 0.1) is 11.8 Å². The lowest BCUT2D eigenvalue weighted by atomic mass is 10.1. The Balaban J connectivity index is 2.29. The first-order valence-corrected chi connectivity index (χ1v) is 6.58. The second kappa shape index (κ2) is 6.42. The third kappa shape index (κ3) is 3.37. The van der Waals surface area contributed by atoms with Crippen molar-refractivity contribution in [2.24, 2.45) is 0 Å². The number of aliphatic hydroxyl groups is 1. The standard InChI is InChI=1S/C16H13BrO2/c1-19-16-13(8-5-9-14(16)17)15(18)11-10-12-6-3-2-4-7-12/h2-9,15,18H,1H3. The van der Waals surface area contributed by atoms with E-state index in [4.69, 9.17) is 4.74 Å². The molecule has 0 amide bonds. The minimum atomic E-state index is -0.882. The molecule has 0 heterocycles. The fourth-order valence-corrected chi connectivity index (χ4v) is 2.25. The van der Waals surface area contributed by atoms with Crippen LogP contribution in [0.2, 0.25) is 0 Å². The molecule has 2 aromatic carbocycles. The Morgan fingerprint density at radius 3 is 2.53 bits per heavy atom. The molecule has 0 radical (unpaired) electrons. The second-order valence-corrected chi connectivity index (χ2v) is 4.75. The molecule has 0 aliphatic carbocycles. The summed E-state index contributed by atoms with van der Waals surface area (Å²) in [5.41, 5.74) is 1.52. The van der Waals surface area contributed by atoms with Crippen LogP contribution in [0.5, 0.6) is 5.75 Å². The van der Waals surface area contributed by atoms with Crippen LogP contribution in [0.25, 0.3) is 0 Å². The highest BCUT2D eigenvalue weighted by Gasteiger charge is 2.12. The molecule has 1 N–H and O–H groups in total. The van der Waals surface area contributed by atoms with Gasteiger partial charge in [0, 0.05) is 11.1 Å². The van der Waals surface area contributed by atoms with Gasteiger partial charge in [0.15, 0.2) is 0 Å². The molecule has 0 aliphatic rings. The van der Waals surface area contributed by atoms with Gasteiger partial charge in [-0.05, 0) is 34.1 Å². The summed E-state index contributed by atoms with van der Waals surface area (Å²) in [7, 11) is 1.57. The van der Waals surface area contributed by atoms with Crippen molar-refractivity contribution >= 4 is 15.9 Å². The van der Waals surface area contributed by atoms with Crippen molar-refractivity contribution in [1.29, 1.82) is 0 Å². The monoisotopic (exact) mass is 316 g/mol. The average molecular weight is 317 g/mol. The van der Waals surface area contributed by atoms with Crippen LogP contribution >= 0.6 is 15.9 Å². The van der Waals surface area contributed by atoms with Crippen LogP contribution in [0.1, 0.15) is 17.2 Å². The highest BCUT2D eigenvalue weighted by molar-refractivity contribution is 9.10. The molecule has 0 aromatic heterocycles. The number of hydrogen-bond acceptors (Lipinski definition) is 2. The number of benzene rings is 2. The van der Waals surface area contributed by atoms with Crippen molar-refractivity contribution in [3.8, 4) is 17.6 Å². The van der Waals surface area contributed by atoms with Crippen LogP contribution in [-0.4, -0.2) is 12.2 Å². The van der Waals surface area contributed by atoms with Gasteiger partial charge in [-0.15, -0.1) is 0 Å². The summed E-state index contributed by atoms with van der Waals surface area (Å²) in [6, 6.07) is 15.1. The summed E-state index contributed by atoms with van der Waals surface area (Å²) in [5, 5.41) is 10.1. The molecule has 0 bridgehead atoms. The predicted molar refractivity (Wildman–Crippen MR) is 79.0 cm³/mol. The third-order valence-corrected chi connectivity index (χ3v) is 3.25. The van der Waals surface area contributed by atoms with Crippen LogP contribution in [0.4, 0.5) is 0 Å². The first kappa shape index (κ1) is 13.7. The van der Waals surface area contributed by atoms with Crippen molar-refractivity contribution in [3.05, 3.63) is 64.1 Å². The van der Waals surface area contributed by atoms with Crippen molar-refractivity contribution in [3.63, 3.8) is 0 Å². The van der Waals surface area contributed by atoms with Crippen molar-refractivity contribution in [1.82, 2.24) is 0 Å². The predicted octanol–water partition coefficient (Wildman–Crippen LogP) is 3.54. The van der Waals surface area contributed by atoms with Gasteiger partial charge in [0.25, 0.3) is 0 Å². The Morgan fingerprint density at radius 1 is 1.11 bits per heavy atom. The quantitative estimate of drug-likeness (QED) is 0.859. The zero-order valence-electron chi connectivity index (χ0n) is 10.4. The van der Waals surface area contributed by atoms with Crippen LogP contribution in [0.3, 0.4) is 0 Å². The maximum atomic E-state index is 10.1. The molecule has 2 rings (SSSR count). The van der Waals surface area contributed by atoms with E-state index >= 15 is 0 Å². The van der Waals surface area contributed by atoms with Gasteiger partial charge in [0.1, 0.15) is 11.9 Å². The first-order valence-electron chi connectivity index (χ1n) is 5.79. The molecule has 1 atom stereocenters. The SMILES string of the molecule is COc1c(Br)cccc1C(O)C#Cc1ccccc1. The van der Waals surface area contributed by atoms with Gasteiger partial charge < -0.3 is 9.84 Å². The highest BCUT2D eigenvalue weighted by Crippen LogP contribution is 2.32. The number of halogens is 1. The number of hydrogen-bond donors (Lipinski definition) is 1. The molecule has 0 aliphatic heterocycles. The lowest BCUT2D eigenvalue weighted by molar-refractivity contribution is 0.232. The largest absolute Gasteiger partial charge is 0.495 e. The van der Waals surface area contributed by atoms with Gasteiger partial charge in [-0.3, -0.25) is 0 Å². The topological polar surface area (TPSA) is 29.5 Å². The van der Waals surface area contributed by atoms with E-state index in [-0.39, 0.29) is 0 Å². The lowest BCUT2D eigenvalue weighted by Crippen LogP contribution is -1.98. The minimum absolute atomic E-state index is 0.609. The zero-order valence-corrected chi connectivity index (χ0v) is 12.0. The van der Waals surface area contributed by atoms with E-state index in [9.17, 15) is 5.11 Å². The summed E-state index contributed by atoms with van der Waals surface area (Å²) in [4.78, 5) is 0. The van der Waals surface area contributed by atoms with E-state index in [2.05, 4.69) is 27.8 Å². The van der Waals surface area contributed by atoms with E-state index in [1.165, 1.54) is 0 Å². The maximum Gasteiger partial charge on any atom is 0.144 e. The van der Waals surface area contributed by atoms with Gasteiger partial charge in [-0.1, -0.05) is 42.2 Å². The lowest BCUT2D eigenvalue weighted by Gasteiger charge is -2.11. The molecule has 0 fully saturated rings. The minimum Gasteiger partial charge on any atom is -0.495 e. The van der Waals surface area contributed by atoms with Gasteiger partial charge in [-0.25, -0.2) is 0 Å². The molecule has 1 unspecified atom stereocenters. The Bertz CT molecular complexity index is 612. The zero-order chi connectivity index (χ0) is 13.7.